The van der Waals surface area contributed by atoms with Crippen LogP contribution in [0.25, 0.3) is 0 Å². The molecule has 0 N–H and O–H groups in total. The van der Waals surface area contributed by atoms with E-state index in [1.807, 2.05) is 53.7 Å². The molecule has 108 valence electrons. The summed E-state index contributed by atoms with van der Waals surface area (Å²) in [5.41, 5.74) is 3.36. The molecule has 2 nitrogen and oxygen atoms in total. The number of nitrogens with zero attached hydrogens (tertiary/aromatic N) is 2. The number of anilines is 2. The zero-order valence-corrected chi connectivity index (χ0v) is 12.3. The molecule has 0 saturated carbocycles. The van der Waals surface area contributed by atoms with Gasteiger partial charge in [-0.3, -0.25) is 0 Å². The summed E-state index contributed by atoms with van der Waals surface area (Å²) in [5, 5.41) is 6.63. The second kappa shape index (κ2) is 7.23. The molecule has 0 amide bonds. The third-order valence-corrected chi connectivity index (χ3v) is 3.37. The van der Waals surface area contributed by atoms with Crippen LogP contribution in [0, 0.1) is 0 Å². The molecule has 3 rings (SSSR count). The predicted molar refractivity (Wildman–Crippen MR) is 93.7 cm³/mol. The first-order chi connectivity index (χ1) is 10.9. The van der Waals surface area contributed by atoms with Crippen LogP contribution < -0.4 is 5.01 Å². The van der Waals surface area contributed by atoms with Gasteiger partial charge in [-0.1, -0.05) is 66.7 Å². The quantitative estimate of drug-likeness (QED) is 0.473. The Morgan fingerprint density at radius 1 is 0.636 bits per heavy atom. The normalized spacial score (nSPS) is 10.7. The van der Waals surface area contributed by atoms with Crippen LogP contribution in [0.4, 0.5) is 11.4 Å². The van der Waals surface area contributed by atoms with Gasteiger partial charge in [-0.05, 0) is 29.8 Å². The van der Waals surface area contributed by atoms with Gasteiger partial charge < -0.3 is 0 Å². The molecule has 22 heavy (non-hydrogen) atoms. The van der Waals surface area contributed by atoms with Crippen molar-refractivity contribution in [2.45, 2.75) is 6.42 Å². The summed E-state index contributed by atoms with van der Waals surface area (Å²) >= 11 is 0. The standard InChI is InChI=1S/C20H18N2/c1-4-10-18(11-5-1)16-17-21-22(19-12-6-2-7-13-19)20-14-8-3-9-15-20/h1-15,17H,16H2. The third kappa shape index (κ3) is 3.61. The Morgan fingerprint density at radius 3 is 1.59 bits per heavy atom. The molecule has 0 aliphatic heterocycles. The fourth-order valence-electron chi connectivity index (χ4n) is 2.26. The predicted octanol–water partition coefficient (Wildman–Crippen LogP) is 5.05. The highest BCUT2D eigenvalue weighted by Crippen LogP contribution is 2.24. The third-order valence-electron chi connectivity index (χ3n) is 3.37. The van der Waals surface area contributed by atoms with Gasteiger partial charge in [0.05, 0.1) is 11.4 Å². The van der Waals surface area contributed by atoms with Gasteiger partial charge in [-0.25, -0.2) is 5.01 Å². The average molecular weight is 286 g/mol. The molecular formula is C20H18N2. The lowest BCUT2D eigenvalue weighted by atomic mass is 10.2. The fourth-order valence-corrected chi connectivity index (χ4v) is 2.26. The largest absolute Gasteiger partial charge is 0.234 e. The molecule has 0 unspecified atom stereocenters. The molecule has 0 radical (unpaired) electrons. The van der Waals surface area contributed by atoms with E-state index < -0.39 is 0 Å². The van der Waals surface area contributed by atoms with Gasteiger partial charge in [-0.15, -0.1) is 0 Å². The molecule has 2 heteroatoms. The Hall–Kier alpha value is -2.87. The zero-order chi connectivity index (χ0) is 15.0. The van der Waals surface area contributed by atoms with Crippen molar-refractivity contribution in [3.05, 3.63) is 96.6 Å². The molecule has 0 spiro atoms. The molecule has 0 aliphatic carbocycles. The van der Waals surface area contributed by atoms with Gasteiger partial charge in [-0.2, -0.15) is 5.10 Å². The maximum atomic E-state index is 4.67. The van der Waals surface area contributed by atoms with Gasteiger partial charge in [0.1, 0.15) is 0 Å². The lowest BCUT2D eigenvalue weighted by Crippen LogP contribution is -2.09. The number of hydrogen-bond acceptors (Lipinski definition) is 2. The van der Waals surface area contributed by atoms with E-state index in [1.165, 1.54) is 5.56 Å². The van der Waals surface area contributed by atoms with Crippen molar-refractivity contribution in [3.63, 3.8) is 0 Å². The summed E-state index contributed by atoms with van der Waals surface area (Å²) in [7, 11) is 0. The van der Waals surface area contributed by atoms with Crippen molar-refractivity contribution in [1.82, 2.24) is 0 Å². The van der Waals surface area contributed by atoms with E-state index in [1.54, 1.807) is 0 Å². The topological polar surface area (TPSA) is 15.6 Å². The van der Waals surface area contributed by atoms with Gasteiger partial charge in [0, 0.05) is 12.6 Å². The SMILES string of the molecule is C(Cc1ccccc1)=NN(c1ccccc1)c1ccccc1. The van der Waals surface area contributed by atoms with E-state index in [0.29, 0.717) is 0 Å². The second-order valence-corrected chi connectivity index (χ2v) is 4.97. The maximum Gasteiger partial charge on any atom is 0.0652 e. The number of rotatable bonds is 5. The van der Waals surface area contributed by atoms with Gasteiger partial charge in [0.15, 0.2) is 0 Å². The summed E-state index contributed by atoms with van der Waals surface area (Å²) in [6, 6.07) is 30.7. The molecule has 0 saturated heterocycles. The van der Waals surface area contributed by atoms with E-state index in [4.69, 9.17) is 0 Å². The zero-order valence-electron chi connectivity index (χ0n) is 12.3. The van der Waals surface area contributed by atoms with Crippen LogP contribution in [0.15, 0.2) is 96.1 Å². The molecule has 0 heterocycles. The van der Waals surface area contributed by atoms with Crippen LogP contribution in [-0.2, 0) is 6.42 Å². The summed E-state index contributed by atoms with van der Waals surface area (Å²) in [5.74, 6) is 0. The van der Waals surface area contributed by atoms with Crippen LogP contribution in [0.2, 0.25) is 0 Å². The number of benzene rings is 3. The Balaban J connectivity index is 1.83. The van der Waals surface area contributed by atoms with Crippen molar-refractivity contribution in [3.8, 4) is 0 Å². The van der Waals surface area contributed by atoms with E-state index >= 15 is 0 Å². The van der Waals surface area contributed by atoms with Gasteiger partial charge in [0.2, 0.25) is 0 Å². The molecule has 0 fully saturated rings. The summed E-state index contributed by atoms with van der Waals surface area (Å²) in [4.78, 5) is 0. The fraction of sp³-hybridized carbons (Fsp3) is 0.0500. The van der Waals surface area contributed by atoms with Crippen molar-refractivity contribution in [1.29, 1.82) is 0 Å². The van der Waals surface area contributed by atoms with Gasteiger partial charge in [0.25, 0.3) is 0 Å². The van der Waals surface area contributed by atoms with E-state index in [9.17, 15) is 0 Å². The Kier molecular flexibility index (Phi) is 4.63. The highest BCUT2D eigenvalue weighted by Gasteiger charge is 2.05. The minimum Gasteiger partial charge on any atom is -0.234 e. The minimum absolute atomic E-state index is 0.816. The smallest absolute Gasteiger partial charge is 0.0652 e. The Bertz CT molecular complexity index is 667. The van der Waals surface area contributed by atoms with Crippen molar-refractivity contribution < 1.29 is 0 Å². The molecular weight excluding hydrogens is 268 g/mol. The second-order valence-electron chi connectivity index (χ2n) is 4.97. The molecule has 0 aromatic heterocycles. The molecule has 3 aromatic carbocycles. The maximum absolute atomic E-state index is 4.67. The van der Waals surface area contributed by atoms with Crippen LogP contribution >= 0.6 is 0 Å². The number of hydrogen-bond donors (Lipinski definition) is 0. The van der Waals surface area contributed by atoms with Crippen LogP contribution in [0.1, 0.15) is 5.56 Å². The van der Waals surface area contributed by atoms with Crippen LogP contribution in [0.3, 0.4) is 0 Å². The number of para-hydroxylation sites is 2. The Labute approximate surface area is 131 Å². The summed E-state index contributed by atoms with van der Waals surface area (Å²) in [6.07, 6.45) is 2.77. The van der Waals surface area contributed by atoms with Crippen molar-refractivity contribution in [2.24, 2.45) is 5.10 Å². The molecule has 0 aliphatic rings. The first-order valence-electron chi connectivity index (χ1n) is 7.40. The molecule has 0 atom stereocenters. The number of hydrazone groups is 1. The lowest BCUT2D eigenvalue weighted by Gasteiger charge is -2.19. The first kappa shape index (κ1) is 14.1. The molecule has 0 bridgehead atoms. The van der Waals surface area contributed by atoms with E-state index in [2.05, 4.69) is 53.6 Å². The highest BCUT2D eigenvalue weighted by atomic mass is 15.5. The Morgan fingerprint density at radius 2 is 1.09 bits per heavy atom. The first-order valence-corrected chi connectivity index (χ1v) is 7.40. The van der Waals surface area contributed by atoms with Gasteiger partial charge >= 0.3 is 0 Å². The van der Waals surface area contributed by atoms with Crippen LogP contribution in [-0.4, -0.2) is 6.21 Å². The van der Waals surface area contributed by atoms with Crippen molar-refractivity contribution >= 4 is 17.6 Å². The minimum atomic E-state index is 0.816. The van der Waals surface area contributed by atoms with E-state index in [-0.39, 0.29) is 0 Å². The average Bonchev–Trinajstić information content (AvgIpc) is 2.61. The molecule has 3 aromatic rings. The summed E-state index contributed by atoms with van der Waals surface area (Å²) < 4.78 is 0. The van der Waals surface area contributed by atoms with Crippen LogP contribution in [0.5, 0.6) is 0 Å². The monoisotopic (exact) mass is 286 g/mol. The van der Waals surface area contributed by atoms with E-state index in [0.717, 1.165) is 17.8 Å². The highest BCUT2D eigenvalue weighted by molar-refractivity contribution is 5.69. The summed E-state index contributed by atoms with van der Waals surface area (Å²) in [6.45, 7) is 0. The lowest BCUT2D eigenvalue weighted by molar-refractivity contribution is 1.08. The van der Waals surface area contributed by atoms with Crippen molar-refractivity contribution in [2.75, 3.05) is 5.01 Å².